The second kappa shape index (κ2) is 6.51. The number of hydrogen-bond donors (Lipinski definition) is 2. The second-order valence-corrected chi connectivity index (χ2v) is 5.17. The summed E-state index contributed by atoms with van der Waals surface area (Å²) in [6.45, 7) is 6.85. The summed E-state index contributed by atoms with van der Waals surface area (Å²) < 4.78 is 11.3. The zero-order valence-corrected chi connectivity index (χ0v) is 12.1. The number of carbonyl (C=O) groups is 2. The standard InChI is InChI=1S/C13H23N3O4/c1-3-14-12(18)15-11(17)10(2)16-6-4-13(5-7-16)19-8-9-20-13/h10H,3-9H2,1-2H3,(H2,14,15,17,18)/t10-/m0/s1. The quantitative estimate of drug-likeness (QED) is 0.766. The molecule has 2 saturated heterocycles. The summed E-state index contributed by atoms with van der Waals surface area (Å²) >= 11 is 0. The molecule has 0 aromatic carbocycles. The molecule has 0 aliphatic carbocycles. The first-order valence-corrected chi connectivity index (χ1v) is 7.17. The number of nitrogens with one attached hydrogen (secondary N) is 2. The van der Waals surface area contributed by atoms with E-state index in [9.17, 15) is 9.59 Å². The van der Waals surface area contributed by atoms with Crippen LogP contribution >= 0.6 is 0 Å². The maximum absolute atomic E-state index is 12.0. The first-order valence-electron chi connectivity index (χ1n) is 7.17. The lowest BCUT2D eigenvalue weighted by Crippen LogP contribution is -2.54. The molecule has 0 radical (unpaired) electrons. The van der Waals surface area contributed by atoms with Crippen molar-refractivity contribution in [3.63, 3.8) is 0 Å². The Labute approximate surface area is 119 Å². The smallest absolute Gasteiger partial charge is 0.321 e. The SMILES string of the molecule is CCNC(=O)NC(=O)[C@H](C)N1CCC2(CC1)OCCO2. The van der Waals surface area contributed by atoms with Crippen LogP contribution in [0.5, 0.6) is 0 Å². The number of carbonyl (C=O) groups excluding carboxylic acids is 2. The summed E-state index contributed by atoms with van der Waals surface area (Å²) in [7, 11) is 0. The van der Waals surface area contributed by atoms with Crippen molar-refractivity contribution >= 4 is 11.9 Å². The Morgan fingerprint density at radius 1 is 1.25 bits per heavy atom. The van der Waals surface area contributed by atoms with Gasteiger partial charge in [0.2, 0.25) is 5.91 Å². The number of amides is 3. The van der Waals surface area contributed by atoms with Gasteiger partial charge < -0.3 is 14.8 Å². The van der Waals surface area contributed by atoms with Crippen molar-refractivity contribution in [2.45, 2.75) is 38.5 Å². The molecule has 0 bridgehead atoms. The van der Waals surface area contributed by atoms with Crippen LogP contribution in [0.2, 0.25) is 0 Å². The number of nitrogens with zero attached hydrogens (tertiary/aromatic N) is 1. The first kappa shape index (κ1) is 15.2. The fourth-order valence-corrected chi connectivity index (χ4v) is 2.62. The lowest BCUT2D eigenvalue weighted by Gasteiger charge is -2.39. The fraction of sp³-hybridized carbons (Fsp3) is 0.846. The molecule has 2 N–H and O–H groups in total. The van der Waals surface area contributed by atoms with E-state index in [1.807, 2.05) is 11.8 Å². The average molecular weight is 285 g/mol. The number of piperidine rings is 1. The highest BCUT2D eigenvalue weighted by Gasteiger charge is 2.41. The van der Waals surface area contributed by atoms with E-state index in [2.05, 4.69) is 10.6 Å². The molecule has 2 heterocycles. The number of hydrogen-bond acceptors (Lipinski definition) is 5. The predicted octanol–water partition coefficient (Wildman–Crippen LogP) is 0.0595. The zero-order chi connectivity index (χ0) is 14.6. The summed E-state index contributed by atoms with van der Waals surface area (Å²) in [5.41, 5.74) is 0. The van der Waals surface area contributed by atoms with Crippen molar-refractivity contribution < 1.29 is 19.1 Å². The molecule has 1 atom stereocenters. The van der Waals surface area contributed by atoms with E-state index in [0.29, 0.717) is 19.8 Å². The maximum atomic E-state index is 12.0. The van der Waals surface area contributed by atoms with Gasteiger partial charge in [-0.1, -0.05) is 0 Å². The highest BCUT2D eigenvalue weighted by atomic mass is 16.7. The van der Waals surface area contributed by atoms with E-state index in [0.717, 1.165) is 25.9 Å². The van der Waals surface area contributed by atoms with Gasteiger partial charge in [-0.2, -0.15) is 0 Å². The Bertz CT molecular complexity index is 359. The van der Waals surface area contributed by atoms with Gasteiger partial charge in [-0.3, -0.25) is 15.0 Å². The van der Waals surface area contributed by atoms with Crippen molar-refractivity contribution in [3.05, 3.63) is 0 Å². The summed E-state index contributed by atoms with van der Waals surface area (Å²) in [4.78, 5) is 25.4. The van der Waals surface area contributed by atoms with Gasteiger partial charge in [0.1, 0.15) is 0 Å². The van der Waals surface area contributed by atoms with Crippen LogP contribution in [0.25, 0.3) is 0 Å². The van der Waals surface area contributed by atoms with Crippen LogP contribution in [-0.4, -0.2) is 61.5 Å². The third-order valence-corrected chi connectivity index (χ3v) is 3.87. The molecule has 2 aliphatic heterocycles. The monoisotopic (exact) mass is 285 g/mol. The van der Waals surface area contributed by atoms with Gasteiger partial charge >= 0.3 is 6.03 Å². The van der Waals surface area contributed by atoms with Crippen LogP contribution in [0.3, 0.4) is 0 Å². The minimum Gasteiger partial charge on any atom is -0.347 e. The van der Waals surface area contributed by atoms with E-state index in [-0.39, 0.29) is 11.9 Å². The molecule has 7 nitrogen and oxygen atoms in total. The van der Waals surface area contributed by atoms with Gasteiger partial charge in [0.15, 0.2) is 5.79 Å². The third kappa shape index (κ3) is 3.47. The summed E-state index contributed by atoms with van der Waals surface area (Å²) in [6, 6.07) is -0.781. The van der Waals surface area contributed by atoms with Crippen LogP contribution in [-0.2, 0) is 14.3 Å². The lowest BCUT2D eigenvalue weighted by atomic mass is 10.0. The number of urea groups is 1. The molecule has 2 rings (SSSR count). The van der Waals surface area contributed by atoms with Crippen LogP contribution < -0.4 is 10.6 Å². The normalized spacial score (nSPS) is 23.5. The summed E-state index contributed by atoms with van der Waals surface area (Å²) in [5, 5.41) is 4.89. The van der Waals surface area contributed by atoms with Crippen LogP contribution in [0.15, 0.2) is 0 Å². The van der Waals surface area contributed by atoms with E-state index in [1.54, 1.807) is 6.92 Å². The Kier molecular flexibility index (Phi) is 4.95. The largest absolute Gasteiger partial charge is 0.347 e. The van der Waals surface area contributed by atoms with Crippen molar-refractivity contribution in [1.82, 2.24) is 15.5 Å². The van der Waals surface area contributed by atoms with Gasteiger partial charge in [-0.15, -0.1) is 0 Å². The average Bonchev–Trinajstić information content (AvgIpc) is 2.87. The van der Waals surface area contributed by atoms with Gasteiger partial charge in [0.25, 0.3) is 0 Å². The van der Waals surface area contributed by atoms with Gasteiger partial charge in [-0.25, -0.2) is 4.79 Å². The Morgan fingerprint density at radius 3 is 2.40 bits per heavy atom. The lowest BCUT2D eigenvalue weighted by molar-refractivity contribution is -0.188. The predicted molar refractivity (Wildman–Crippen MR) is 72.1 cm³/mol. The molecular formula is C13H23N3O4. The van der Waals surface area contributed by atoms with Crippen LogP contribution in [0.1, 0.15) is 26.7 Å². The minimum atomic E-state index is -0.444. The molecule has 1 spiro atoms. The molecule has 0 aromatic heterocycles. The molecule has 0 aromatic rings. The van der Waals surface area contributed by atoms with Gasteiger partial charge in [0.05, 0.1) is 19.3 Å². The molecule has 2 aliphatic rings. The minimum absolute atomic E-state index is 0.278. The van der Waals surface area contributed by atoms with Crippen molar-refractivity contribution in [2.75, 3.05) is 32.8 Å². The first-order chi connectivity index (χ1) is 9.56. The molecule has 3 amide bonds. The Balaban J connectivity index is 1.80. The zero-order valence-electron chi connectivity index (χ0n) is 12.1. The second-order valence-electron chi connectivity index (χ2n) is 5.17. The summed E-state index contributed by atoms with van der Waals surface area (Å²) in [5.74, 6) is -0.716. The number of imide groups is 1. The van der Waals surface area contributed by atoms with Gasteiger partial charge in [0, 0.05) is 32.5 Å². The number of likely N-dealkylation sites (tertiary alicyclic amines) is 1. The Morgan fingerprint density at radius 2 is 1.85 bits per heavy atom. The van der Waals surface area contributed by atoms with Crippen molar-refractivity contribution in [2.24, 2.45) is 0 Å². The number of ether oxygens (including phenoxy) is 2. The van der Waals surface area contributed by atoms with E-state index in [4.69, 9.17) is 9.47 Å². The topological polar surface area (TPSA) is 79.9 Å². The molecular weight excluding hydrogens is 262 g/mol. The van der Waals surface area contributed by atoms with Crippen molar-refractivity contribution in [3.8, 4) is 0 Å². The van der Waals surface area contributed by atoms with E-state index in [1.165, 1.54) is 0 Å². The molecule has 0 saturated carbocycles. The van der Waals surface area contributed by atoms with Crippen LogP contribution in [0.4, 0.5) is 4.79 Å². The molecule has 20 heavy (non-hydrogen) atoms. The van der Waals surface area contributed by atoms with E-state index >= 15 is 0 Å². The number of rotatable bonds is 3. The van der Waals surface area contributed by atoms with Crippen molar-refractivity contribution in [1.29, 1.82) is 0 Å². The highest BCUT2D eigenvalue weighted by molar-refractivity contribution is 5.96. The summed E-state index contributed by atoms with van der Waals surface area (Å²) in [6.07, 6.45) is 1.51. The molecule has 2 fully saturated rings. The third-order valence-electron chi connectivity index (χ3n) is 3.87. The maximum Gasteiger partial charge on any atom is 0.321 e. The molecule has 0 unspecified atom stereocenters. The Hall–Kier alpha value is -1.18. The van der Waals surface area contributed by atoms with Gasteiger partial charge in [-0.05, 0) is 13.8 Å². The van der Waals surface area contributed by atoms with E-state index < -0.39 is 11.8 Å². The molecule has 114 valence electrons. The fourth-order valence-electron chi connectivity index (χ4n) is 2.62. The highest BCUT2D eigenvalue weighted by Crippen LogP contribution is 2.31. The molecule has 7 heteroatoms. The van der Waals surface area contributed by atoms with Crippen LogP contribution in [0, 0.1) is 0 Å².